The van der Waals surface area contributed by atoms with Crippen molar-refractivity contribution in [3.8, 4) is 0 Å². The molecule has 3 rings (SSSR count). The van der Waals surface area contributed by atoms with Crippen molar-refractivity contribution in [1.82, 2.24) is 14.6 Å². The smallest absolute Gasteiger partial charge is 0.248 e. The van der Waals surface area contributed by atoms with Crippen molar-refractivity contribution in [2.75, 3.05) is 5.73 Å². The van der Waals surface area contributed by atoms with E-state index in [9.17, 15) is 4.79 Å². The van der Waals surface area contributed by atoms with Crippen LogP contribution in [0, 0.1) is 0 Å². The van der Waals surface area contributed by atoms with Gasteiger partial charge in [-0.05, 0) is 42.1 Å². The van der Waals surface area contributed by atoms with Crippen LogP contribution in [-0.2, 0) is 0 Å². The van der Waals surface area contributed by atoms with Crippen molar-refractivity contribution in [2.24, 2.45) is 5.73 Å². The molecule has 0 aliphatic heterocycles. The highest BCUT2D eigenvalue weighted by atomic mass is 32.2. The molecule has 0 unspecified atom stereocenters. The molecule has 0 radical (unpaired) electrons. The third-order valence-corrected chi connectivity index (χ3v) is 3.82. The first-order chi connectivity index (χ1) is 9.65. The summed E-state index contributed by atoms with van der Waals surface area (Å²) in [6, 6.07) is 10.6. The Kier molecular flexibility index (Phi) is 3.03. The van der Waals surface area contributed by atoms with Crippen molar-refractivity contribution in [2.45, 2.75) is 10.1 Å². The van der Waals surface area contributed by atoms with Crippen molar-refractivity contribution in [1.29, 1.82) is 0 Å². The van der Waals surface area contributed by atoms with Crippen LogP contribution in [0.1, 0.15) is 10.4 Å². The summed E-state index contributed by atoms with van der Waals surface area (Å²) in [6.07, 6.45) is 1.87. The molecule has 0 fully saturated rings. The second-order valence-electron chi connectivity index (χ2n) is 4.13. The van der Waals surface area contributed by atoms with Crippen LogP contribution in [0.25, 0.3) is 5.65 Å². The van der Waals surface area contributed by atoms with Gasteiger partial charge in [-0.1, -0.05) is 6.07 Å². The monoisotopic (exact) mass is 285 g/mol. The summed E-state index contributed by atoms with van der Waals surface area (Å²) in [5.74, 6) is -0.488. The summed E-state index contributed by atoms with van der Waals surface area (Å²) >= 11 is 1.34. The molecule has 0 spiro atoms. The summed E-state index contributed by atoms with van der Waals surface area (Å²) in [5.41, 5.74) is 12.9. The van der Waals surface area contributed by atoms with Gasteiger partial charge in [-0.3, -0.25) is 9.20 Å². The molecule has 20 heavy (non-hydrogen) atoms. The van der Waals surface area contributed by atoms with Gasteiger partial charge >= 0.3 is 0 Å². The van der Waals surface area contributed by atoms with Crippen LogP contribution >= 0.6 is 11.8 Å². The van der Waals surface area contributed by atoms with Crippen LogP contribution in [0.15, 0.2) is 52.6 Å². The SMILES string of the molecule is NC(=O)c1ccc(N)c(Sc2nnc3ccccn23)c1. The number of nitrogens with zero attached hydrogens (tertiary/aromatic N) is 3. The minimum atomic E-state index is -0.488. The Labute approximate surface area is 118 Å². The molecular weight excluding hydrogens is 274 g/mol. The van der Waals surface area contributed by atoms with E-state index in [1.807, 2.05) is 28.8 Å². The van der Waals surface area contributed by atoms with Crippen LogP contribution in [0.5, 0.6) is 0 Å². The van der Waals surface area contributed by atoms with Gasteiger partial charge in [0.1, 0.15) is 0 Å². The number of carbonyl (C=O) groups is 1. The van der Waals surface area contributed by atoms with Crippen LogP contribution in [0.2, 0.25) is 0 Å². The van der Waals surface area contributed by atoms with Crippen molar-refractivity contribution in [3.63, 3.8) is 0 Å². The Bertz CT molecular complexity index is 798. The van der Waals surface area contributed by atoms with Crippen molar-refractivity contribution < 1.29 is 4.79 Å². The van der Waals surface area contributed by atoms with E-state index in [1.54, 1.807) is 18.2 Å². The van der Waals surface area contributed by atoms with E-state index in [4.69, 9.17) is 11.5 Å². The highest BCUT2D eigenvalue weighted by Crippen LogP contribution is 2.31. The summed E-state index contributed by atoms with van der Waals surface area (Å²) in [5, 5.41) is 8.85. The average Bonchev–Trinajstić information content (AvgIpc) is 2.84. The van der Waals surface area contributed by atoms with Gasteiger partial charge in [0.05, 0.1) is 0 Å². The molecule has 3 aromatic rings. The second kappa shape index (κ2) is 4.86. The molecule has 0 aliphatic carbocycles. The van der Waals surface area contributed by atoms with Crippen molar-refractivity contribution in [3.05, 3.63) is 48.2 Å². The third kappa shape index (κ3) is 2.19. The third-order valence-electron chi connectivity index (χ3n) is 2.78. The molecule has 1 amide bonds. The molecule has 0 saturated heterocycles. The standard InChI is InChI=1S/C13H11N5OS/c14-9-5-4-8(12(15)19)7-10(9)20-13-17-16-11-3-1-2-6-18(11)13/h1-7H,14H2,(H2,15,19). The summed E-state index contributed by atoms with van der Waals surface area (Å²) < 4.78 is 1.85. The van der Waals surface area contributed by atoms with Gasteiger partial charge < -0.3 is 11.5 Å². The van der Waals surface area contributed by atoms with Crippen LogP contribution in [-0.4, -0.2) is 20.5 Å². The van der Waals surface area contributed by atoms with E-state index in [-0.39, 0.29) is 0 Å². The average molecular weight is 285 g/mol. The first-order valence-electron chi connectivity index (χ1n) is 5.82. The fourth-order valence-corrected chi connectivity index (χ4v) is 2.67. The second-order valence-corrected chi connectivity index (χ2v) is 5.14. The Morgan fingerprint density at radius 2 is 2.05 bits per heavy atom. The Hall–Kier alpha value is -2.54. The molecule has 1 aromatic carbocycles. The molecule has 4 N–H and O–H groups in total. The topological polar surface area (TPSA) is 99.3 Å². The lowest BCUT2D eigenvalue weighted by Gasteiger charge is -2.05. The maximum absolute atomic E-state index is 11.2. The van der Waals surface area contributed by atoms with Gasteiger partial charge in [-0.15, -0.1) is 10.2 Å². The van der Waals surface area contributed by atoms with E-state index in [1.165, 1.54) is 11.8 Å². The zero-order valence-electron chi connectivity index (χ0n) is 10.4. The predicted molar refractivity (Wildman–Crippen MR) is 76.5 cm³/mol. The zero-order chi connectivity index (χ0) is 14.1. The molecule has 2 heterocycles. The Morgan fingerprint density at radius 3 is 2.85 bits per heavy atom. The molecule has 0 atom stereocenters. The molecule has 0 bridgehead atoms. The lowest BCUT2D eigenvalue weighted by molar-refractivity contribution is 0.1000. The van der Waals surface area contributed by atoms with Crippen LogP contribution < -0.4 is 11.5 Å². The van der Waals surface area contributed by atoms with Crippen LogP contribution in [0.4, 0.5) is 5.69 Å². The van der Waals surface area contributed by atoms with Crippen LogP contribution in [0.3, 0.4) is 0 Å². The van der Waals surface area contributed by atoms with Gasteiger partial charge in [-0.2, -0.15) is 0 Å². The Balaban J connectivity index is 2.02. The molecule has 7 heteroatoms. The number of primary amides is 1. The van der Waals surface area contributed by atoms with Crippen molar-refractivity contribution >= 4 is 29.0 Å². The number of anilines is 1. The Morgan fingerprint density at radius 1 is 1.20 bits per heavy atom. The number of fused-ring (bicyclic) bond motifs is 1. The lowest BCUT2D eigenvalue weighted by Crippen LogP contribution is -2.11. The predicted octanol–water partition coefficient (Wildman–Crippen LogP) is 1.56. The minimum absolute atomic E-state index is 0.413. The number of nitrogens with two attached hydrogens (primary N) is 2. The maximum atomic E-state index is 11.2. The summed E-state index contributed by atoms with van der Waals surface area (Å²) in [7, 11) is 0. The maximum Gasteiger partial charge on any atom is 0.248 e. The number of hydrogen-bond acceptors (Lipinski definition) is 5. The summed E-state index contributed by atoms with van der Waals surface area (Å²) in [6.45, 7) is 0. The van der Waals surface area contributed by atoms with E-state index < -0.39 is 5.91 Å². The first kappa shape index (κ1) is 12.5. The number of rotatable bonds is 3. The number of benzene rings is 1. The van der Waals surface area contributed by atoms with Gasteiger partial charge in [0.15, 0.2) is 5.65 Å². The van der Waals surface area contributed by atoms with Gasteiger partial charge in [-0.25, -0.2) is 0 Å². The number of aromatic nitrogens is 3. The zero-order valence-corrected chi connectivity index (χ0v) is 11.2. The quantitative estimate of drug-likeness (QED) is 0.711. The highest BCUT2D eigenvalue weighted by Gasteiger charge is 2.11. The van der Waals surface area contributed by atoms with E-state index in [0.29, 0.717) is 16.4 Å². The normalized spacial score (nSPS) is 10.8. The summed E-state index contributed by atoms with van der Waals surface area (Å²) in [4.78, 5) is 11.9. The fraction of sp³-hybridized carbons (Fsp3) is 0. The molecule has 100 valence electrons. The molecule has 6 nitrogen and oxygen atoms in total. The minimum Gasteiger partial charge on any atom is -0.398 e. The largest absolute Gasteiger partial charge is 0.398 e. The lowest BCUT2D eigenvalue weighted by atomic mass is 10.2. The van der Waals surface area contributed by atoms with E-state index in [0.717, 1.165) is 10.5 Å². The number of amides is 1. The van der Waals surface area contributed by atoms with Gasteiger partial charge in [0.25, 0.3) is 0 Å². The molecule has 2 aromatic heterocycles. The highest BCUT2D eigenvalue weighted by molar-refractivity contribution is 7.99. The molecular formula is C13H11N5OS. The molecule has 0 saturated carbocycles. The van der Waals surface area contributed by atoms with E-state index >= 15 is 0 Å². The number of pyridine rings is 1. The van der Waals surface area contributed by atoms with E-state index in [2.05, 4.69) is 10.2 Å². The number of carbonyl (C=O) groups excluding carboxylic acids is 1. The first-order valence-corrected chi connectivity index (χ1v) is 6.64. The fourth-order valence-electron chi connectivity index (χ4n) is 1.76. The number of nitrogen functional groups attached to an aromatic ring is 1. The number of hydrogen-bond donors (Lipinski definition) is 2. The van der Waals surface area contributed by atoms with Gasteiger partial charge in [0, 0.05) is 22.3 Å². The van der Waals surface area contributed by atoms with Gasteiger partial charge in [0.2, 0.25) is 11.1 Å². The molecule has 0 aliphatic rings.